The van der Waals surface area contributed by atoms with Crippen molar-refractivity contribution >= 4 is 5.91 Å². The first-order chi connectivity index (χ1) is 9.55. The summed E-state index contributed by atoms with van der Waals surface area (Å²) in [5.41, 5.74) is 0.183. The highest BCUT2D eigenvalue weighted by atomic mass is 19.1. The number of nitrogens with zero attached hydrogens (tertiary/aromatic N) is 3. The van der Waals surface area contributed by atoms with Crippen LogP contribution >= 0.6 is 0 Å². The monoisotopic (exact) mass is 273 g/mol. The summed E-state index contributed by atoms with van der Waals surface area (Å²) in [5, 5.41) is 12.6. The van der Waals surface area contributed by atoms with Crippen LogP contribution in [0.2, 0.25) is 0 Å². The molecule has 0 aromatic heterocycles. The highest BCUT2D eigenvalue weighted by Gasteiger charge is 2.52. The minimum absolute atomic E-state index is 0.0224. The maximum Gasteiger partial charge on any atom is 0.245 e. The molecule has 104 valence electrons. The molecule has 2 unspecified atom stereocenters. The number of carbonyl (C=O) groups excluding carboxylic acids is 1. The molecule has 4 nitrogen and oxygen atoms in total. The molecule has 20 heavy (non-hydrogen) atoms. The largest absolute Gasteiger partial charge is 0.273 e. The van der Waals surface area contributed by atoms with Crippen LogP contribution in [0.4, 0.5) is 4.39 Å². The topological polar surface area (TPSA) is 47.3 Å². The molecule has 3 rings (SSSR count). The van der Waals surface area contributed by atoms with Gasteiger partial charge in [-0.15, -0.1) is 0 Å². The third kappa shape index (κ3) is 1.88. The maximum atomic E-state index is 13.4. The van der Waals surface area contributed by atoms with Gasteiger partial charge in [0, 0.05) is 13.1 Å². The van der Waals surface area contributed by atoms with Gasteiger partial charge in [0.25, 0.3) is 0 Å². The summed E-state index contributed by atoms with van der Waals surface area (Å²) in [4.78, 5) is 12.6. The van der Waals surface area contributed by atoms with E-state index in [1.807, 2.05) is 18.0 Å². The number of amides is 1. The third-order valence-electron chi connectivity index (χ3n) is 4.22. The summed E-state index contributed by atoms with van der Waals surface area (Å²) in [6, 6.07) is 8.40. The number of carbonyl (C=O) groups is 1. The van der Waals surface area contributed by atoms with E-state index in [0.717, 1.165) is 18.5 Å². The van der Waals surface area contributed by atoms with E-state index < -0.39 is 5.41 Å². The Balaban J connectivity index is 1.91. The Bertz CT molecular complexity index is 597. The van der Waals surface area contributed by atoms with E-state index in [9.17, 15) is 9.18 Å². The van der Waals surface area contributed by atoms with Gasteiger partial charge < -0.3 is 0 Å². The molecular weight excluding hydrogens is 257 g/mol. The molecule has 1 amide bonds. The maximum absolute atomic E-state index is 13.4. The van der Waals surface area contributed by atoms with E-state index >= 15 is 0 Å². The summed E-state index contributed by atoms with van der Waals surface area (Å²) in [6.45, 7) is 3.18. The van der Waals surface area contributed by atoms with Gasteiger partial charge in [-0.2, -0.15) is 5.26 Å². The SMILES string of the molecule is CC1(CC#N)CN2CCC(c3cccc(F)c3)N2C1=O. The van der Waals surface area contributed by atoms with Crippen molar-refractivity contribution < 1.29 is 9.18 Å². The van der Waals surface area contributed by atoms with E-state index in [2.05, 4.69) is 6.07 Å². The van der Waals surface area contributed by atoms with Crippen LogP contribution in [0.5, 0.6) is 0 Å². The first-order valence-corrected chi connectivity index (χ1v) is 6.76. The Kier molecular flexibility index (Phi) is 2.98. The van der Waals surface area contributed by atoms with Crippen LogP contribution in [0, 0.1) is 22.6 Å². The van der Waals surface area contributed by atoms with Gasteiger partial charge in [0.15, 0.2) is 0 Å². The average molecular weight is 273 g/mol. The van der Waals surface area contributed by atoms with Gasteiger partial charge in [0.1, 0.15) is 5.82 Å². The van der Waals surface area contributed by atoms with E-state index in [-0.39, 0.29) is 24.2 Å². The van der Waals surface area contributed by atoms with Gasteiger partial charge in [-0.3, -0.25) is 9.80 Å². The van der Waals surface area contributed by atoms with Crippen molar-refractivity contribution in [3.05, 3.63) is 35.6 Å². The number of benzene rings is 1. The second kappa shape index (κ2) is 4.57. The highest BCUT2D eigenvalue weighted by Crippen LogP contribution is 2.43. The molecule has 1 aromatic carbocycles. The minimum atomic E-state index is -0.638. The van der Waals surface area contributed by atoms with Crippen molar-refractivity contribution in [2.75, 3.05) is 13.1 Å². The van der Waals surface area contributed by atoms with Crippen molar-refractivity contribution in [2.24, 2.45) is 5.41 Å². The summed E-state index contributed by atoms with van der Waals surface area (Å²) in [6.07, 6.45) is 1.02. The van der Waals surface area contributed by atoms with Crippen LogP contribution in [0.15, 0.2) is 24.3 Å². The standard InChI is InChI=1S/C15H16FN3O/c1-15(6-7-17)10-18-8-5-13(19(18)14(15)20)11-3-2-4-12(16)9-11/h2-4,9,13H,5-6,8,10H2,1H3. The second-order valence-corrected chi connectivity index (χ2v) is 5.79. The molecule has 0 radical (unpaired) electrons. The Morgan fingerprint density at radius 3 is 3.05 bits per heavy atom. The molecule has 2 aliphatic rings. The van der Waals surface area contributed by atoms with E-state index in [1.54, 1.807) is 11.1 Å². The zero-order valence-electron chi connectivity index (χ0n) is 11.3. The van der Waals surface area contributed by atoms with E-state index in [4.69, 9.17) is 5.26 Å². The molecule has 2 atom stereocenters. The number of nitriles is 1. The molecule has 2 saturated heterocycles. The normalized spacial score (nSPS) is 29.6. The Hall–Kier alpha value is -1.93. The fourth-order valence-electron chi connectivity index (χ4n) is 3.20. The van der Waals surface area contributed by atoms with Gasteiger partial charge in [0.2, 0.25) is 5.91 Å². The number of hydrazine groups is 1. The Morgan fingerprint density at radius 2 is 2.35 bits per heavy atom. The summed E-state index contributed by atoms with van der Waals surface area (Å²) in [7, 11) is 0. The number of hydrogen-bond donors (Lipinski definition) is 0. The molecule has 2 heterocycles. The van der Waals surface area contributed by atoms with Crippen LogP contribution in [0.1, 0.15) is 31.4 Å². The van der Waals surface area contributed by atoms with E-state index in [0.29, 0.717) is 6.54 Å². The lowest BCUT2D eigenvalue weighted by molar-refractivity contribution is -0.142. The average Bonchev–Trinajstić information content (AvgIpc) is 2.90. The zero-order chi connectivity index (χ0) is 14.3. The zero-order valence-corrected chi connectivity index (χ0v) is 11.3. The lowest BCUT2D eigenvalue weighted by atomic mass is 9.86. The van der Waals surface area contributed by atoms with Crippen molar-refractivity contribution in [1.82, 2.24) is 10.0 Å². The quantitative estimate of drug-likeness (QED) is 0.830. The third-order valence-corrected chi connectivity index (χ3v) is 4.22. The molecule has 2 aliphatic heterocycles. The Morgan fingerprint density at radius 1 is 1.55 bits per heavy atom. The minimum Gasteiger partial charge on any atom is -0.273 e. The summed E-state index contributed by atoms with van der Waals surface area (Å²) in [5.74, 6) is -0.307. The molecule has 0 aliphatic carbocycles. The number of fused-ring (bicyclic) bond motifs is 1. The summed E-state index contributed by atoms with van der Waals surface area (Å²) >= 11 is 0. The molecule has 0 saturated carbocycles. The first-order valence-electron chi connectivity index (χ1n) is 6.76. The predicted octanol–water partition coefficient (Wildman–Crippen LogP) is 2.25. The van der Waals surface area contributed by atoms with Crippen LogP contribution in [0.3, 0.4) is 0 Å². The number of hydrogen-bond acceptors (Lipinski definition) is 3. The van der Waals surface area contributed by atoms with Gasteiger partial charge >= 0.3 is 0 Å². The fourth-order valence-corrected chi connectivity index (χ4v) is 3.20. The molecule has 2 fully saturated rings. The molecule has 1 aromatic rings. The molecule has 5 heteroatoms. The molecule has 0 spiro atoms. The lowest BCUT2D eigenvalue weighted by Crippen LogP contribution is -2.36. The van der Waals surface area contributed by atoms with Crippen LogP contribution in [-0.4, -0.2) is 29.0 Å². The van der Waals surface area contributed by atoms with Crippen LogP contribution in [0.25, 0.3) is 0 Å². The number of rotatable bonds is 2. The van der Waals surface area contributed by atoms with Crippen molar-refractivity contribution in [1.29, 1.82) is 5.26 Å². The first kappa shape index (κ1) is 13.1. The van der Waals surface area contributed by atoms with Crippen molar-refractivity contribution in [2.45, 2.75) is 25.8 Å². The molecular formula is C15H16FN3O. The van der Waals surface area contributed by atoms with Crippen LogP contribution < -0.4 is 0 Å². The molecule has 0 N–H and O–H groups in total. The van der Waals surface area contributed by atoms with Gasteiger partial charge in [-0.05, 0) is 31.0 Å². The van der Waals surface area contributed by atoms with Crippen LogP contribution in [-0.2, 0) is 4.79 Å². The fraction of sp³-hybridized carbons (Fsp3) is 0.467. The number of halogens is 1. The Labute approximate surface area is 117 Å². The smallest absolute Gasteiger partial charge is 0.245 e. The lowest BCUT2D eigenvalue weighted by Gasteiger charge is -2.26. The molecule has 0 bridgehead atoms. The predicted molar refractivity (Wildman–Crippen MR) is 70.5 cm³/mol. The second-order valence-electron chi connectivity index (χ2n) is 5.79. The summed E-state index contributed by atoms with van der Waals surface area (Å²) < 4.78 is 13.4. The van der Waals surface area contributed by atoms with Crippen molar-refractivity contribution in [3.8, 4) is 6.07 Å². The highest BCUT2D eigenvalue weighted by molar-refractivity contribution is 5.85. The van der Waals surface area contributed by atoms with Gasteiger partial charge in [0.05, 0.1) is 23.9 Å². The van der Waals surface area contributed by atoms with Gasteiger partial charge in [-0.25, -0.2) is 9.40 Å². The van der Waals surface area contributed by atoms with Crippen molar-refractivity contribution in [3.63, 3.8) is 0 Å². The van der Waals surface area contributed by atoms with Gasteiger partial charge in [-0.1, -0.05) is 12.1 Å². The van der Waals surface area contributed by atoms with E-state index in [1.165, 1.54) is 12.1 Å².